The molecule has 1 aliphatic heterocycles. The lowest BCUT2D eigenvalue weighted by Gasteiger charge is -2.36. The van der Waals surface area contributed by atoms with Crippen molar-refractivity contribution in [2.45, 2.75) is 44.6 Å². The number of carbonyl (C=O) groups is 1. The van der Waals surface area contributed by atoms with Crippen LogP contribution in [0.1, 0.15) is 39.0 Å². The third-order valence-corrected chi connectivity index (χ3v) is 4.32. The molecule has 2 N–H and O–H groups in total. The quantitative estimate of drug-likeness (QED) is 0.762. The molecule has 0 aromatic rings. The summed E-state index contributed by atoms with van der Waals surface area (Å²) in [5, 5.41) is 19.5. The van der Waals surface area contributed by atoms with E-state index in [1.54, 1.807) is 11.8 Å². The Bertz CT molecular complexity index is 212. The molecular weight excluding hydrogens is 212 g/mol. The van der Waals surface area contributed by atoms with E-state index < -0.39 is 17.5 Å². The number of aliphatic hydroxyl groups is 1. The Morgan fingerprint density at radius 3 is 2.80 bits per heavy atom. The molecule has 0 aliphatic carbocycles. The Morgan fingerprint density at radius 2 is 2.33 bits per heavy atom. The fraction of sp³-hybridized carbons (Fsp3) is 0.909. The zero-order valence-corrected chi connectivity index (χ0v) is 10.1. The zero-order valence-electron chi connectivity index (χ0n) is 9.24. The number of carboxylic acid groups (broad SMARTS) is 1. The molecule has 3 nitrogen and oxygen atoms in total. The summed E-state index contributed by atoms with van der Waals surface area (Å²) in [7, 11) is 0. The molecule has 0 radical (unpaired) electrons. The minimum Gasteiger partial charge on any atom is -0.481 e. The summed E-state index contributed by atoms with van der Waals surface area (Å²) < 4.78 is 0. The Balaban J connectivity index is 2.63. The Kier molecular flexibility index (Phi) is 4.93. The molecule has 0 amide bonds. The van der Waals surface area contributed by atoms with Gasteiger partial charge in [-0.25, -0.2) is 0 Å². The number of thioether (sulfide) groups is 1. The topological polar surface area (TPSA) is 57.5 Å². The molecule has 4 heteroatoms. The fourth-order valence-corrected chi connectivity index (χ4v) is 3.30. The third-order valence-electron chi connectivity index (χ3n) is 3.04. The van der Waals surface area contributed by atoms with E-state index in [0.29, 0.717) is 18.6 Å². The van der Waals surface area contributed by atoms with Gasteiger partial charge >= 0.3 is 5.97 Å². The maximum Gasteiger partial charge on any atom is 0.309 e. The van der Waals surface area contributed by atoms with Gasteiger partial charge < -0.3 is 10.2 Å². The summed E-state index contributed by atoms with van der Waals surface area (Å²) in [6, 6.07) is 0. The van der Waals surface area contributed by atoms with E-state index in [1.807, 2.05) is 6.92 Å². The van der Waals surface area contributed by atoms with Crippen LogP contribution in [0.2, 0.25) is 0 Å². The molecule has 2 atom stereocenters. The van der Waals surface area contributed by atoms with Crippen LogP contribution in [0.3, 0.4) is 0 Å². The van der Waals surface area contributed by atoms with Crippen molar-refractivity contribution in [2.75, 3.05) is 11.5 Å². The summed E-state index contributed by atoms with van der Waals surface area (Å²) in [6.45, 7) is 2.04. The van der Waals surface area contributed by atoms with Crippen LogP contribution in [0.5, 0.6) is 0 Å². The van der Waals surface area contributed by atoms with E-state index in [9.17, 15) is 9.90 Å². The highest BCUT2D eigenvalue weighted by Gasteiger charge is 2.41. The lowest BCUT2D eigenvalue weighted by atomic mass is 9.81. The van der Waals surface area contributed by atoms with Gasteiger partial charge in [-0.3, -0.25) is 4.79 Å². The molecule has 1 heterocycles. The lowest BCUT2D eigenvalue weighted by Crippen LogP contribution is -2.46. The second-order valence-electron chi connectivity index (χ2n) is 4.29. The second kappa shape index (κ2) is 5.75. The van der Waals surface area contributed by atoms with Crippen molar-refractivity contribution in [3.8, 4) is 0 Å². The van der Waals surface area contributed by atoms with Gasteiger partial charge in [0.05, 0.1) is 11.5 Å². The summed E-state index contributed by atoms with van der Waals surface area (Å²) in [4.78, 5) is 11.1. The number of rotatable bonds is 5. The first-order valence-corrected chi connectivity index (χ1v) is 6.78. The van der Waals surface area contributed by atoms with Crippen LogP contribution in [0, 0.1) is 5.92 Å². The first kappa shape index (κ1) is 12.8. The number of unbranched alkanes of at least 4 members (excludes halogenated alkanes) is 1. The number of hydrogen-bond acceptors (Lipinski definition) is 3. The van der Waals surface area contributed by atoms with Gasteiger partial charge in [0.15, 0.2) is 0 Å². The second-order valence-corrected chi connectivity index (χ2v) is 5.40. The average Bonchev–Trinajstić information content (AvgIpc) is 2.18. The standard InChI is InChI=1S/C11H20O3S/c1-2-3-5-9(10(12)13)11(14)6-4-7-15-8-11/h9,14H,2-8H2,1H3,(H,12,13). The first-order valence-electron chi connectivity index (χ1n) is 5.63. The normalized spacial score (nSPS) is 28.7. The SMILES string of the molecule is CCCCC(C(=O)O)C1(O)CCCSC1. The maximum atomic E-state index is 11.1. The largest absolute Gasteiger partial charge is 0.481 e. The minimum absolute atomic E-state index is 0.577. The van der Waals surface area contributed by atoms with Crippen molar-refractivity contribution in [2.24, 2.45) is 5.92 Å². The molecule has 2 unspecified atom stereocenters. The molecule has 1 rings (SSSR count). The van der Waals surface area contributed by atoms with Gasteiger partial charge in [0, 0.05) is 5.75 Å². The minimum atomic E-state index is -0.968. The summed E-state index contributed by atoms with van der Waals surface area (Å²) in [6.07, 6.45) is 4.03. The van der Waals surface area contributed by atoms with E-state index >= 15 is 0 Å². The first-order chi connectivity index (χ1) is 7.10. The van der Waals surface area contributed by atoms with Crippen LogP contribution in [0.4, 0.5) is 0 Å². The van der Waals surface area contributed by atoms with Crippen molar-refractivity contribution in [1.82, 2.24) is 0 Å². The van der Waals surface area contributed by atoms with Gasteiger partial charge in [-0.1, -0.05) is 19.8 Å². The monoisotopic (exact) mass is 232 g/mol. The van der Waals surface area contributed by atoms with Crippen molar-refractivity contribution >= 4 is 17.7 Å². The van der Waals surface area contributed by atoms with Crippen LogP contribution >= 0.6 is 11.8 Å². The molecule has 88 valence electrons. The summed E-state index contributed by atoms with van der Waals surface area (Å²) in [5.74, 6) is 0.203. The predicted molar refractivity (Wildman–Crippen MR) is 62.2 cm³/mol. The summed E-state index contributed by atoms with van der Waals surface area (Å²) >= 11 is 1.67. The molecule has 0 bridgehead atoms. The Labute approximate surface area is 95.3 Å². The molecule has 1 aliphatic rings. The zero-order chi connectivity index (χ0) is 11.3. The van der Waals surface area contributed by atoms with Gasteiger partial charge in [0.25, 0.3) is 0 Å². The Hall–Kier alpha value is -0.220. The molecule has 0 aromatic heterocycles. The number of carboxylic acids is 1. The highest BCUT2D eigenvalue weighted by Crippen LogP contribution is 2.35. The van der Waals surface area contributed by atoms with Gasteiger partial charge in [-0.2, -0.15) is 11.8 Å². The van der Waals surface area contributed by atoms with Crippen molar-refractivity contribution < 1.29 is 15.0 Å². The molecular formula is C11H20O3S. The predicted octanol–water partition coefficient (Wildman–Crippen LogP) is 2.14. The average molecular weight is 232 g/mol. The van der Waals surface area contributed by atoms with Crippen LogP contribution in [-0.4, -0.2) is 33.3 Å². The van der Waals surface area contributed by atoms with E-state index in [4.69, 9.17) is 5.11 Å². The Morgan fingerprint density at radius 1 is 1.60 bits per heavy atom. The molecule has 1 fully saturated rings. The van der Waals surface area contributed by atoms with Gasteiger partial charge in [-0.05, 0) is 25.0 Å². The van der Waals surface area contributed by atoms with Gasteiger partial charge in [0.1, 0.15) is 0 Å². The molecule has 0 saturated carbocycles. The molecule has 0 spiro atoms. The van der Waals surface area contributed by atoms with E-state index in [0.717, 1.165) is 25.0 Å². The number of hydrogen-bond donors (Lipinski definition) is 2. The number of aliphatic carboxylic acids is 1. The van der Waals surface area contributed by atoms with Gasteiger partial charge in [-0.15, -0.1) is 0 Å². The van der Waals surface area contributed by atoms with Gasteiger partial charge in [0.2, 0.25) is 0 Å². The molecule has 1 saturated heterocycles. The molecule has 15 heavy (non-hydrogen) atoms. The maximum absolute atomic E-state index is 11.1. The lowest BCUT2D eigenvalue weighted by molar-refractivity contribution is -0.151. The highest BCUT2D eigenvalue weighted by atomic mass is 32.2. The third kappa shape index (κ3) is 3.38. The summed E-state index contributed by atoms with van der Waals surface area (Å²) in [5.41, 5.74) is -0.968. The van der Waals surface area contributed by atoms with E-state index in [-0.39, 0.29) is 0 Å². The van der Waals surface area contributed by atoms with E-state index in [2.05, 4.69) is 0 Å². The van der Waals surface area contributed by atoms with E-state index in [1.165, 1.54) is 0 Å². The fourth-order valence-electron chi connectivity index (χ4n) is 2.11. The van der Waals surface area contributed by atoms with Crippen LogP contribution in [-0.2, 0) is 4.79 Å². The molecule has 0 aromatic carbocycles. The smallest absolute Gasteiger partial charge is 0.309 e. The van der Waals surface area contributed by atoms with Crippen LogP contribution in [0.15, 0.2) is 0 Å². The highest BCUT2D eigenvalue weighted by molar-refractivity contribution is 7.99. The van der Waals surface area contributed by atoms with Crippen molar-refractivity contribution in [1.29, 1.82) is 0 Å². The van der Waals surface area contributed by atoms with Crippen molar-refractivity contribution in [3.05, 3.63) is 0 Å². The van der Waals surface area contributed by atoms with Crippen LogP contribution in [0.25, 0.3) is 0 Å². The van der Waals surface area contributed by atoms with Crippen molar-refractivity contribution in [3.63, 3.8) is 0 Å². The van der Waals surface area contributed by atoms with Crippen LogP contribution < -0.4 is 0 Å².